The molecule has 1 N–H and O–H groups in total. The lowest BCUT2D eigenvalue weighted by Gasteiger charge is -2.28. The van der Waals surface area contributed by atoms with Crippen molar-refractivity contribution in [1.29, 1.82) is 0 Å². The van der Waals surface area contributed by atoms with Crippen LogP contribution in [0.15, 0.2) is 24.3 Å². The normalized spacial score (nSPS) is 16.4. The van der Waals surface area contributed by atoms with Crippen LogP contribution in [0.1, 0.15) is 6.92 Å². The summed E-state index contributed by atoms with van der Waals surface area (Å²) in [6, 6.07) is 7.22. The first kappa shape index (κ1) is 14.1. The van der Waals surface area contributed by atoms with E-state index in [2.05, 4.69) is 13.8 Å². The van der Waals surface area contributed by atoms with Crippen LogP contribution in [0, 0.1) is 0 Å². The number of morpholine rings is 1. The predicted octanol–water partition coefficient (Wildman–Crippen LogP) is 1.22. The predicted molar refractivity (Wildman–Crippen MR) is 73.6 cm³/mol. The lowest BCUT2D eigenvalue weighted by atomic mass is 10.2. The number of anilines is 2. The summed E-state index contributed by atoms with van der Waals surface area (Å²) in [7, 11) is -3.71. The number of ether oxygens (including phenoxy) is 1. The number of nitrogens with zero attached hydrogens (tertiary/aromatic N) is 1. The average Bonchev–Trinajstić information content (AvgIpc) is 2.40. The second-order valence-electron chi connectivity index (χ2n) is 4.11. The Morgan fingerprint density at radius 1 is 1.26 bits per heavy atom. The zero-order chi connectivity index (χ0) is 13.7. The molecule has 19 heavy (non-hydrogen) atoms. The van der Waals surface area contributed by atoms with Crippen LogP contribution in [0.3, 0.4) is 0 Å². The zero-order valence-corrected chi connectivity index (χ0v) is 11.6. The first-order valence-corrected chi connectivity index (χ1v) is 7.61. The van der Waals surface area contributed by atoms with Crippen LogP contribution in [0.2, 0.25) is 0 Å². The van der Waals surface area contributed by atoms with Crippen molar-refractivity contribution in [3.05, 3.63) is 24.3 Å². The van der Waals surface area contributed by atoms with E-state index in [1.807, 2.05) is 12.1 Å². The van der Waals surface area contributed by atoms with Crippen molar-refractivity contribution < 1.29 is 17.3 Å². The molecule has 1 aliphatic rings. The third-order valence-electron chi connectivity index (χ3n) is 2.76. The first-order valence-electron chi connectivity index (χ1n) is 6.20. The minimum Gasteiger partial charge on any atom is -0.378 e. The Hall–Kier alpha value is -1.31. The Labute approximate surface area is 113 Å². The number of hydrogen-bond acceptors (Lipinski definition) is 5. The standard InChI is InChI=1S/C12H18N2O4S/c1-2-18-19(15,16)13-11-3-5-12(6-4-11)14-7-9-17-10-8-14/h3-6,13H,2,7-10H2,1H3. The summed E-state index contributed by atoms with van der Waals surface area (Å²) in [6.07, 6.45) is 0. The van der Waals surface area contributed by atoms with Gasteiger partial charge in [-0.2, -0.15) is 8.42 Å². The Morgan fingerprint density at radius 2 is 1.89 bits per heavy atom. The molecule has 0 bridgehead atoms. The van der Waals surface area contributed by atoms with Crippen molar-refractivity contribution in [2.45, 2.75) is 6.92 Å². The van der Waals surface area contributed by atoms with Crippen molar-refractivity contribution in [3.63, 3.8) is 0 Å². The summed E-state index contributed by atoms with van der Waals surface area (Å²) in [6.45, 7) is 4.88. The van der Waals surface area contributed by atoms with Gasteiger partial charge < -0.3 is 9.64 Å². The minimum atomic E-state index is -3.71. The topological polar surface area (TPSA) is 67.9 Å². The number of rotatable bonds is 5. The summed E-state index contributed by atoms with van der Waals surface area (Å²) < 4.78 is 35.1. The fourth-order valence-electron chi connectivity index (χ4n) is 1.89. The lowest BCUT2D eigenvalue weighted by Crippen LogP contribution is -2.36. The molecule has 1 aromatic rings. The van der Waals surface area contributed by atoms with Gasteiger partial charge in [0.25, 0.3) is 0 Å². The van der Waals surface area contributed by atoms with E-state index < -0.39 is 10.3 Å². The second-order valence-corrected chi connectivity index (χ2v) is 5.46. The van der Waals surface area contributed by atoms with Crippen LogP contribution < -0.4 is 9.62 Å². The number of hydrogen-bond donors (Lipinski definition) is 1. The first-order chi connectivity index (χ1) is 9.11. The van der Waals surface area contributed by atoms with Crippen LogP contribution in [0.4, 0.5) is 11.4 Å². The van der Waals surface area contributed by atoms with Crippen molar-refractivity contribution in [2.75, 3.05) is 42.5 Å². The molecule has 1 aliphatic heterocycles. The van der Waals surface area contributed by atoms with Gasteiger partial charge in [-0.25, -0.2) is 0 Å². The van der Waals surface area contributed by atoms with Crippen molar-refractivity contribution >= 4 is 21.7 Å². The molecule has 0 saturated carbocycles. The highest BCUT2D eigenvalue weighted by atomic mass is 32.2. The summed E-state index contributed by atoms with van der Waals surface area (Å²) >= 11 is 0. The maximum Gasteiger partial charge on any atom is 0.359 e. The Kier molecular flexibility index (Phi) is 4.62. The molecule has 1 saturated heterocycles. The molecule has 0 unspecified atom stereocenters. The highest BCUT2D eigenvalue weighted by Gasteiger charge is 2.12. The maximum atomic E-state index is 11.4. The van der Waals surface area contributed by atoms with Crippen LogP contribution in [0.25, 0.3) is 0 Å². The summed E-state index contributed by atoms with van der Waals surface area (Å²) in [5.74, 6) is 0. The monoisotopic (exact) mass is 286 g/mol. The SMILES string of the molecule is CCOS(=O)(=O)Nc1ccc(N2CCOCC2)cc1. The van der Waals surface area contributed by atoms with Crippen LogP contribution >= 0.6 is 0 Å². The highest BCUT2D eigenvalue weighted by molar-refractivity contribution is 7.88. The van der Waals surface area contributed by atoms with E-state index in [1.165, 1.54) is 0 Å². The molecule has 0 radical (unpaired) electrons. The maximum absolute atomic E-state index is 11.4. The quantitative estimate of drug-likeness (QED) is 0.881. The van der Waals surface area contributed by atoms with E-state index in [4.69, 9.17) is 4.74 Å². The largest absolute Gasteiger partial charge is 0.378 e. The van der Waals surface area contributed by atoms with Crippen molar-refractivity contribution in [2.24, 2.45) is 0 Å². The third-order valence-corrected chi connectivity index (χ3v) is 3.79. The second kappa shape index (κ2) is 6.23. The summed E-state index contributed by atoms with van der Waals surface area (Å²) in [5, 5.41) is 0. The molecule has 0 atom stereocenters. The molecule has 0 aliphatic carbocycles. The van der Waals surface area contributed by atoms with Gasteiger partial charge in [0.2, 0.25) is 0 Å². The van der Waals surface area contributed by atoms with Gasteiger partial charge in [-0.3, -0.25) is 8.91 Å². The molecule has 6 nitrogen and oxygen atoms in total. The van der Waals surface area contributed by atoms with Gasteiger partial charge in [-0.15, -0.1) is 0 Å². The van der Waals surface area contributed by atoms with Gasteiger partial charge in [0.15, 0.2) is 0 Å². The Morgan fingerprint density at radius 3 is 2.47 bits per heavy atom. The van der Waals surface area contributed by atoms with Gasteiger partial charge in [0.05, 0.1) is 25.5 Å². The number of benzene rings is 1. The average molecular weight is 286 g/mol. The molecule has 1 heterocycles. The molecular formula is C12H18N2O4S. The van der Waals surface area contributed by atoms with E-state index in [9.17, 15) is 8.42 Å². The van der Waals surface area contributed by atoms with Crippen LogP contribution in [0.5, 0.6) is 0 Å². The third kappa shape index (κ3) is 4.09. The van der Waals surface area contributed by atoms with Gasteiger partial charge in [-0.05, 0) is 31.2 Å². The molecule has 0 amide bonds. The van der Waals surface area contributed by atoms with Crippen LogP contribution in [-0.2, 0) is 19.2 Å². The van der Waals surface area contributed by atoms with Crippen LogP contribution in [-0.4, -0.2) is 41.3 Å². The fraction of sp³-hybridized carbons (Fsp3) is 0.500. The molecule has 106 valence electrons. The molecular weight excluding hydrogens is 268 g/mol. The van der Waals surface area contributed by atoms with Crippen molar-refractivity contribution in [1.82, 2.24) is 0 Å². The summed E-state index contributed by atoms with van der Waals surface area (Å²) in [4.78, 5) is 2.20. The zero-order valence-electron chi connectivity index (χ0n) is 10.8. The van der Waals surface area contributed by atoms with E-state index in [-0.39, 0.29) is 6.61 Å². The molecule has 1 aromatic carbocycles. The fourth-order valence-corrected chi connectivity index (χ4v) is 2.68. The molecule has 7 heteroatoms. The Balaban J connectivity index is 2.02. The lowest BCUT2D eigenvalue weighted by molar-refractivity contribution is 0.122. The van der Waals surface area contributed by atoms with Crippen molar-refractivity contribution in [3.8, 4) is 0 Å². The molecule has 0 spiro atoms. The van der Waals surface area contributed by atoms with E-state index in [0.717, 1.165) is 32.0 Å². The Bertz CT molecular complexity index is 495. The number of nitrogens with one attached hydrogen (secondary N) is 1. The smallest absolute Gasteiger partial charge is 0.359 e. The van der Waals surface area contributed by atoms with Gasteiger partial charge in [0, 0.05) is 18.8 Å². The molecule has 1 fully saturated rings. The van der Waals surface area contributed by atoms with Gasteiger partial charge in [-0.1, -0.05) is 0 Å². The van der Waals surface area contributed by atoms with Gasteiger partial charge in [0.1, 0.15) is 0 Å². The summed E-state index contributed by atoms with van der Waals surface area (Å²) in [5.41, 5.74) is 1.55. The molecule has 2 rings (SSSR count). The van der Waals surface area contributed by atoms with Gasteiger partial charge >= 0.3 is 10.3 Å². The molecule has 0 aromatic heterocycles. The minimum absolute atomic E-state index is 0.112. The van der Waals surface area contributed by atoms with E-state index >= 15 is 0 Å². The van der Waals surface area contributed by atoms with E-state index in [1.54, 1.807) is 19.1 Å². The van der Waals surface area contributed by atoms with E-state index in [0.29, 0.717) is 5.69 Å². The highest BCUT2D eigenvalue weighted by Crippen LogP contribution is 2.19.